The van der Waals surface area contributed by atoms with E-state index in [0.717, 1.165) is 0 Å². The fraction of sp³-hybridized carbons (Fsp3) is 0.727. The molecule has 136 valence electrons. The summed E-state index contributed by atoms with van der Waals surface area (Å²) in [5.41, 5.74) is 2.73. The summed E-state index contributed by atoms with van der Waals surface area (Å²) in [6, 6.07) is 9.23. The molecule has 3 atom stereocenters. The summed E-state index contributed by atoms with van der Waals surface area (Å²) in [5.74, 6) is 0.665. The third kappa shape index (κ3) is 4.91. The summed E-state index contributed by atoms with van der Waals surface area (Å²) in [4.78, 5) is 0. The van der Waals surface area contributed by atoms with E-state index in [1.54, 1.807) is 0 Å². The molecule has 0 aromatic heterocycles. The Hall–Kier alpha value is -1.18. The Morgan fingerprint density at radius 3 is 2.29 bits per heavy atom. The third-order valence-corrected chi connectivity index (χ3v) is 5.82. The number of unbranched alkanes of at least 4 members (excludes halogenated alkanes) is 5. The van der Waals surface area contributed by atoms with E-state index in [-0.39, 0.29) is 5.54 Å². The minimum atomic E-state index is 0.181. The lowest BCUT2D eigenvalue weighted by atomic mass is 9.74. The summed E-state index contributed by atoms with van der Waals surface area (Å²) in [7, 11) is 0. The molecule has 0 fully saturated rings. The van der Waals surface area contributed by atoms with E-state index in [4.69, 9.17) is 0 Å². The van der Waals surface area contributed by atoms with Crippen molar-refractivity contribution < 1.29 is 0 Å². The molecule has 1 aromatic carbocycles. The summed E-state index contributed by atoms with van der Waals surface area (Å²) < 4.78 is 0. The smallest absolute Gasteiger partial charge is 0.0580 e. The molecule has 1 heterocycles. The van der Waals surface area contributed by atoms with Crippen molar-refractivity contribution in [3.8, 4) is 0 Å². The number of benzene rings is 1. The van der Waals surface area contributed by atoms with E-state index in [1.807, 2.05) is 0 Å². The Labute approximate surface area is 149 Å². The van der Waals surface area contributed by atoms with E-state index in [9.17, 15) is 0 Å². The van der Waals surface area contributed by atoms with Crippen LogP contribution in [0.5, 0.6) is 0 Å². The van der Waals surface area contributed by atoms with Crippen LogP contribution in [0.3, 0.4) is 0 Å². The van der Waals surface area contributed by atoms with E-state index in [0.29, 0.717) is 12.0 Å². The van der Waals surface area contributed by atoms with Crippen molar-refractivity contribution in [3.05, 3.63) is 24.3 Å². The van der Waals surface area contributed by atoms with Gasteiger partial charge in [-0.1, -0.05) is 70.9 Å². The van der Waals surface area contributed by atoms with Crippen molar-refractivity contribution in [2.24, 2.45) is 5.92 Å². The number of fused-ring (bicyclic) bond motifs is 1. The molecule has 2 nitrogen and oxygen atoms in total. The van der Waals surface area contributed by atoms with Crippen molar-refractivity contribution in [3.63, 3.8) is 0 Å². The maximum Gasteiger partial charge on any atom is 0.0580 e. The van der Waals surface area contributed by atoms with E-state index < -0.39 is 0 Å². The first-order valence-corrected chi connectivity index (χ1v) is 10.2. The first-order valence-electron chi connectivity index (χ1n) is 10.2. The fourth-order valence-corrected chi connectivity index (χ4v) is 4.37. The Morgan fingerprint density at radius 1 is 0.917 bits per heavy atom. The van der Waals surface area contributed by atoms with Crippen LogP contribution in [-0.2, 0) is 0 Å². The zero-order valence-corrected chi connectivity index (χ0v) is 16.3. The molecule has 1 aliphatic heterocycles. The number of nitrogens with one attached hydrogen (secondary N) is 2. The highest BCUT2D eigenvalue weighted by Gasteiger charge is 2.39. The first kappa shape index (κ1) is 19.1. The van der Waals surface area contributed by atoms with Crippen LogP contribution in [0.15, 0.2) is 24.3 Å². The average molecular weight is 331 g/mol. The van der Waals surface area contributed by atoms with Gasteiger partial charge in [0, 0.05) is 17.5 Å². The highest BCUT2D eigenvalue weighted by atomic mass is 15.1. The standard InChI is InChI=1S/C22H38N2/c1-5-7-9-13-17-22(4)19(14-10-8-6-2)18(3)23-20-15-11-12-16-21(20)24-22/h11-12,15-16,18-19,23-24H,5-10,13-14,17H2,1-4H3. The maximum absolute atomic E-state index is 3.96. The molecule has 2 heteroatoms. The normalized spacial score (nSPS) is 26.2. The second kappa shape index (κ2) is 9.34. The Kier molecular flexibility index (Phi) is 7.45. The lowest BCUT2D eigenvalue weighted by Crippen LogP contribution is -2.47. The van der Waals surface area contributed by atoms with Crippen molar-refractivity contribution in [1.29, 1.82) is 0 Å². The predicted molar refractivity (Wildman–Crippen MR) is 108 cm³/mol. The number of hydrogen-bond donors (Lipinski definition) is 2. The van der Waals surface area contributed by atoms with Gasteiger partial charge in [-0.05, 0) is 38.8 Å². The van der Waals surface area contributed by atoms with Crippen LogP contribution in [0, 0.1) is 5.92 Å². The summed E-state index contributed by atoms with van der Waals surface area (Å²) in [5, 5.41) is 7.75. The summed E-state index contributed by atoms with van der Waals surface area (Å²) >= 11 is 0. The van der Waals surface area contributed by atoms with Crippen LogP contribution in [0.1, 0.15) is 85.5 Å². The summed E-state index contributed by atoms with van der Waals surface area (Å²) in [6.45, 7) is 9.44. The van der Waals surface area contributed by atoms with Crippen molar-refractivity contribution in [2.45, 2.75) is 97.1 Å². The molecule has 1 aliphatic rings. The second-order valence-electron chi connectivity index (χ2n) is 7.93. The number of para-hydroxylation sites is 2. The second-order valence-corrected chi connectivity index (χ2v) is 7.93. The molecule has 0 amide bonds. The highest BCUT2D eigenvalue weighted by Crippen LogP contribution is 2.40. The minimum Gasteiger partial charge on any atom is -0.381 e. The molecule has 24 heavy (non-hydrogen) atoms. The topological polar surface area (TPSA) is 24.1 Å². The maximum atomic E-state index is 3.96. The number of hydrogen-bond acceptors (Lipinski definition) is 2. The predicted octanol–water partition coefficient (Wildman–Crippen LogP) is 6.84. The molecule has 0 bridgehead atoms. The van der Waals surface area contributed by atoms with Gasteiger partial charge in [0.25, 0.3) is 0 Å². The third-order valence-electron chi connectivity index (χ3n) is 5.82. The SMILES string of the molecule is CCCCCCC1(C)Nc2ccccc2NC(C)C1CCCCC. The molecule has 0 saturated heterocycles. The van der Waals surface area contributed by atoms with E-state index >= 15 is 0 Å². The molecule has 1 aromatic rings. The van der Waals surface area contributed by atoms with Gasteiger partial charge in [0.05, 0.1) is 11.4 Å². The van der Waals surface area contributed by atoms with Gasteiger partial charge < -0.3 is 10.6 Å². The van der Waals surface area contributed by atoms with E-state index in [1.165, 1.54) is 69.2 Å². The Morgan fingerprint density at radius 2 is 1.58 bits per heavy atom. The number of rotatable bonds is 9. The average Bonchev–Trinajstić information content (AvgIpc) is 2.67. The van der Waals surface area contributed by atoms with Crippen molar-refractivity contribution in [1.82, 2.24) is 0 Å². The van der Waals surface area contributed by atoms with Crippen LogP contribution in [0.2, 0.25) is 0 Å². The lowest BCUT2D eigenvalue weighted by molar-refractivity contribution is 0.251. The van der Waals surface area contributed by atoms with Gasteiger partial charge in [0.15, 0.2) is 0 Å². The first-order chi connectivity index (χ1) is 11.6. The van der Waals surface area contributed by atoms with Crippen molar-refractivity contribution in [2.75, 3.05) is 10.6 Å². The Balaban J connectivity index is 2.17. The van der Waals surface area contributed by atoms with Crippen LogP contribution in [-0.4, -0.2) is 11.6 Å². The van der Waals surface area contributed by atoms with Crippen LogP contribution < -0.4 is 10.6 Å². The molecule has 2 N–H and O–H groups in total. The molecule has 3 unspecified atom stereocenters. The number of anilines is 2. The van der Waals surface area contributed by atoms with E-state index in [2.05, 4.69) is 62.6 Å². The largest absolute Gasteiger partial charge is 0.381 e. The van der Waals surface area contributed by atoms with Gasteiger partial charge in [0.1, 0.15) is 0 Å². The molecule has 0 spiro atoms. The molecule has 2 rings (SSSR count). The molecular formula is C22H38N2. The molecular weight excluding hydrogens is 292 g/mol. The summed E-state index contributed by atoms with van der Waals surface area (Å²) in [6.07, 6.45) is 11.9. The van der Waals surface area contributed by atoms with Gasteiger partial charge in [-0.2, -0.15) is 0 Å². The van der Waals surface area contributed by atoms with Crippen LogP contribution in [0.25, 0.3) is 0 Å². The highest BCUT2D eigenvalue weighted by molar-refractivity contribution is 5.71. The van der Waals surface area contributed by atoms with Gasteiger partial charge in [-0.25, -0.2) is 0 Å². The fourth-order valence-electron chi connectivity index (χ4n) is 4.37. The van der Waals surface area contributed by atoms with Crippen molar-refractivity contribution >= 4 is 11.4 Å². The van der Waals surface area contributed by atoms with Crippen LogP contribution >= 0.6 is 0 Å². The zero-order chi connectivity index (χ0) is 17.4. The monoisotopic (exact) mass is 330 g/mol. The van der Waals surface area contributed by atoms with Gasteiger partial charge >= 0.3 is 0 Å². The molecule has 0 radical (unpaired) electrons. The quantitative estimate of drug-likeness (QED) is 0.484. The molecule has 0 saturated carbocycles. The van der Waals surface area contributed by atoms with Gasteiger partial charge in [0.2, 0.25) is 0 Å². The van der Waals surface area contributed by atoms with Gasteiger partial charge in [-0.15, -0.1) is 0 Å². The Bertz CT molecular complexity index is 485. The minimum absolute atomic E-state index is 0.181. The van der Waals surface area contributed by atoms with Gasteiger partial charge in [-0.3, -0.25) is 0 Å². The lowest BCUT2D eigenvalue weighted by Gasteiger charge is -2.41. The zero-order valence-electron chi connectivity index (χ0n) is 16.3. The molecule has 0 aliphatic carbocycles. The van der Waals surface area contributed by atoms with Crippen LogP contribution in [0.4, 0.5) is 11.4 Å².